The van der Waals surface area contributed by atoms with Crippen LogP contribution in [-0.2, 0) is 4.79 Å². The lowest BCUT2D eigenvalue weighted by Gasteiger charge is -2.09. The summed E-state index contributed by atoms with van der Waals surface area (Å²) in [6.07, 6.45) is 1.43. The molecule has 0 aliphatic rings. The van der Waals surface area contributed by atoms with Crippen molar-refractivity contribution in [3.8, 4) is 0 Å². The monoisotopic (exact) mass is 238 g/mol. The van der Waals surface area contributed by atoms with Crippen LogP contribution in [0.4, 0.5) is 11.5 Å². The number of pyridine rings is 1. The maximum Gasteiger partial charge on any atom is 0.311 e. The lowest BCUT2D eigenvalue weighted by Crippen LogP contribution is -2.35. The van der Waals surface area contributed by atoms with Gasteiger partial charge in [-0.05, 0) is 19.9 Å². The Balaban J connectivity index is 2.63. The number of anilines is 1. The molecule has 2 N–H and O–H groups in total. The number of carbonyl (C=O) groups is 1. The average Bonchev–Trinajstić information content (AvgIpc) is 2.25. The molecule has 0 saturated carbocycles. The predicted molar refractivity (Wildman–Crippen MR) is 62.7 cm³/mol. The topological polar surface area (TPSA) is 97.2 Å². The van der Waals surface area contributed by atoms with Crippen molar-refractivity contribution in [1.82, 2.24) is 10.3 Å². The van der Waals surface area contributed by atoms with Gasteiger partial charge in [0, 0.05) is 18.3 Å². The Kier molecular flexibility index (Phi) is 4.38. The van der Waals surface area contributed by atoms with Crippen LogP contribution in [0.2, 0.25) is 0 Å². The summed E-state index contributed by atoms with van der Waals surface area (Å²) >= 11 is 0. The Morgan fingerprint density at radius 2 is 2.29 bits per heavy atom. The average molecular weight is 238 g/mol. The fourth-order valence-corrected chi connectivity index (χ4v) is 1.22. The molecule has 1 rings (SSSR count). The number of hydrogen-bond donors (Lipinski definition) is 2. The second-order valence-corrected chi connectivity index (χ2v) is 3.70. The van der Waals surface area contributed by atoms with Gasteiger partial charge in [-0.15, -0.1) is 0 Å². The lowest BCUT2D eigenvalue weighted by molar-refractivity contribution is -0.384. The van der Waals surface area contributed by atoms with Gasteiger partial charge in [-0.3, -0.25) is 14.9 Å². The minimum absolute atomic E-state index is 0.0306. The number of nitrogens with one attached hydrogen (secondary N) is 2. The molecule has 0 fully saturated rings. The first-order chi connectivity index (χ1) is 8.00. The molecule has 1 amide bonds. The van der Waals surface area contributed by atoms with Crippen LogP contribution in [-0.4, -0.2) is 28.4 Å². The van der Waals surface area contributed by atoms with Crippen molar-refractivity contribution < 1.29 is 9.72 Å². The second-order valence-electron chi connectivity index (χ2n) is 3.70. The van der Waals surface area contributed by atoms with E-state index in [-0.39, 0.29) is 30.0 Å². The molecule has 7 nitrogen and oxygen atoms in total. The van der Waals surface area contributed by atoms with Crippen molar-refractivity contribution in [3.05, 3.63) is 28.4 Å². The molecule has 1 aromatic heterocycles. The summed E-state index contributed by atoms with van der Waals surface area (Å²) in [5, 5.41) is 16.0. The van der Waals surface area contributed by atoms with E-state index in [0.29, 0.717) is 0 Å². The quantitative estimate of drug-likeness (QED) is 0.587. The molecule has 7 heteroatoms. The standard InChI is InChI=1S/C10H14N4O3/c1-7(2)13-9(15)6-12-10-8(14(16)17)4-3-5-11-10/h3-5,7H,6H2,1-2H3,(H,11,12)(H,13,15). The first-order valence-electron chi connectivity index (χ1n) is 5.13. The summed E-state index contributed by atoms with van der Waals surface area (Å²) in [4.78, 5) is 25.3. The van der Waals surface area contributed by atoms with E-state index in [2.05, 4.69) is 15.6 Å². The minimum Gasteiger partial charge on any atom is -0.355 e. The predicted octanol–water partition coefficient (Wildman–Crippen LogP) is 0.926. The van der Waals surface area contributed by atoms with Gasteiger partial charge in [-0.2, -0.15) is 0 Å². The molecule has 1 heterocycles. The Bertz CT molecular complexity index is 420. The van der Waals surface area contributed by atoms with Gasteiger partial charge in [-0.25, -0.2) is 4.98 Å². The minimum atomic E-state index is -0.546. The Morgan fingerprint density at radius 3 is 2.88 bits per heavy atom. The van der Waals surface area contributed by atoms with Gasteiger partial charge in [0.1, 0.15) is 0 Å². The van der Waals surface area contributed by atoms with E-state index < -0.39 is 4.92 Å². The number of nitrogens with zero attached hydrogens (tertiary/aromatic N) is 2. The van der Waals surface area contributed by atoms with Gasteiger partial charge in [0.2, 0.25) is 11.7 Å². The van der Waals surface area contributed by atoms with Crippen molar-refractivity contribution in [2.24, 2.45) is 0 Å². The van der Waals surface area contributed by atoms with Gasteiger partial charge in [-0.1, -0.05) is 0 Å². The Morgan fingerprint density at radius 1 is 1.59 bits per heavy atom. The summed E-state index contributed by atoms with van der Waals surface area (Å²) in [6.45, 7) is 3.62. The number of carbonyl (C=O) groups excluding carboxylic acids is 1. The highest BCUT2D eigenvalue weighted by Gasteiger charge is 2.14. The van der Waals surface area contributed by atoms with Crippen molar-refractivity contribution in [2.75, 3.05) is 11.9 Å². The zero-order valence-corrected chi connectivity index (χ0v) is 9.64. The van der Waals surface area contributed by atoms with Crippen LogP contribution in [0.5, 0.6) is 0 Å². The Hall–Kier alpha value is -2.18. The molecule has 0 aliphatic carbocycles. The number of nitro groups is 1. The summed E-state index contributed by atoms with van der Waals surface area (Å²) in [7, 11) is 0. The van der Waals surface area contributed by atoms with E-state index in [1.165, 1.54) is 18.3 Å². The number of aromatic nitrogens is 1. The first-order valence-corrected chi connectivity index (χ1v) is 5.13. The number of amides is 1. The molecule has 0 spiro atoms. The van der Waals surface area contributed by atoms with Crippen LogP contribution >= 0.6 is 0 Å². The van der Waals surface area contributed by atoms with E-state index in [1.54, 1.807) is 0 Å². The van der Waals surface area contributed by atoms with Gasteiger partial charge in [0.05, 0.1) is 11.5 Å². The number of hydrogen-bond acceptors (Lipinski definition) is 5. The molecule has 0 aliphatic heterocycles. The van der Waals surface area contributed by atoms with Crippen LogP contribution < -0.4 is 10.6 Å². The van der Waals surface area contributed by atoms with E-state index in [0.717, 1.165) is 0 Å². The van der Waals surface area contributed by atoms with E-state index in [4.69, 9.17) is 0 Å². The molecule has 17 heavy (non-hydrogen) atoms. The summed E-state index contributed by atoms with van der Waals surface area (Å²) in [5.41, 5.74) is -0.148. The first kappa shape index (κ1) is 12.9. The SMILES string of the molecule is CC(C)NC(=O)CNc1ncccc1[N+](=O)[O-]. The molecule has 92 valence electrons. The van der Waals surface area contributed by atoms with Crippen molar-refractivity contribution in [1.29, 1.82) is 0 Å². The van der Waals surface area contributed by atoms with E-state index >= 15 is 0 Å². The molecule has 0 radical (unpaired) electrons. The van der Waals surface area contributed by atoms with Gasteiger partial charge >= 0.3 is 5.69 Å². The second kappa shape index (κ2) is 5.78. The smallest absolute Gasteiger partial charge is 0.311 e. The highest BCUT2D eigenvalue weighted by molar-refractivity contribution is 5.81. The van der Waals surface area contributed by atoms with E-state index in [1.807, 2.05) is 13.8 Å². The molecule has 0 unspecified atom stereocenters. The van der Waals surface area contributed by atoms with Crippen LogP contribution in [0.25, 0.3) is 0 Å². The molecular weight excluding hydrogens is 224 g/mol. The number of rotatable bonds is 5. The van der Waals surface area contributed by atoms with Gasteiger partial charge in [0.25, 0.3) is 0 Å². The molecule has 0 saturated heterocycles. The maximum absolute atomic E-state index is 11.3. The van der Waals surface area contributed by atoms with Crippen LogP contribution in [0.15, 0.2) is 18.3 Å². The Labute approximate surface area is 98.4 Å². The highest BCUT2D eigenvalue weighted by atomic mass is 16.6. The van der Waals surface area contributed by atoms with Gasteiger partial charge < -0.3 is 10.6 Å². The zero-order valence-electron chi connectivity index (χ0n) is 9.64. The highest BCUT2D eigenvalue weighted by Crippen LogP contribution is 2.19. The van der Waals surface area contributed by atoms with E-state index in [9.17, 15) is 14.9 Å². The molecule has 1 aromatic rings. The maximum atomic E-state index is 11.3. The normalized spacial score (nSPS) is 10.1. The third-order valence-corrected chi connectivity index (χ3v) is 1.85. The molecule has 0 atom stereocenters. The largest absolute Gasteiger partial charge is 0.355 e. The fraction of sp³-hybridized carbons (Fsp3) is 0.400. The van der Waals surface area contributed by atoms with Crippen molar-refractivity contribution in [2.45, 2.75) is 19.9 Å². The fourth-order valence-electron chi connectivity index (χ4n) is 1.22. The third-order valence-electron chi connectivity index (χ3n) is 1.85. The van der Waals surface area contributed by atoms with Gasteiger partial charge in [0.15, 0.2) is 0 Å². The third kappa shape index (κ3) is 4.06. The van der Waals surface area contributed by atoms with Crippen LogP contribution in [0.3, 0.4) is 0 Å². The molecular formula is C10H14N4O3. The summed E-state index contributed by atoms with van der Waals surface area (Å²) < 4.78 is 0. The van der Waals surface area contributed by atoms with Crippen molar-refractivity contribution >= 4 is 17.4 Å². The van der Waals surface area contributed by atoms with Crippen LogP contribution in [0, 0.1) is 10.1 Å². The lowest BCUT2D eigenvalue weighted by atomic mass is 10.3. The summed E-state index contributed by atoms with van der Waals surface area (Å²) in [5.74, 6) is -0.142. The zero-order chi connectivity index (χ0) is 12.8. The van der Waals surface area contributed by atoms with Crippen LogP contribution in [0.1, 0.15) is 13.8 Å². The summed E-state index contributed by atoms with van der Waals surface area (Å²) in [6, 6.07) is 2.83. The molecule has 0 aromatic carbocycles. The molecule has 0 bridgehead atoms. The van der Waals surface area contributed by atoms with Crippen molar-refractivity contribution in [3.63, 3.8) is 0 Å².